The molecule has 1 heterocycles. The highest BCUT2D eigenvalue weighted by molar-refractivity contribution is 5.99. The fraction of sp³-hybridized carbons (Fsp3) is 0.269. The van der Waals surface area contributed by atoms with Crippen LogP contribution in [0.3, 0.4) is 0 Å². The molecular formula is C26H28N2O7. The number of aliphatic carboxylic acids is 1. The lowest BCUT2D eigenvalue weighted by Crippen LogP contribution is -2.27. The van der Waals surface area contributed by atoms with Gasteiger partial charge in [-0.3, -0.25) is 10.1 Å². The van der Waals surface area contributed by atoms with Gasteiger partial charge >= 0.3 is 18.0 Å². The van der Waals surface area contributed by atoms with Crippen LogP contribution in [0, 0.1) is 0 Å². The van der Waals surface area contributed by atoms with E-state index in [-0.39, 0.29) is 18.8 Å². The van der Waals surface area contributed by atoms with Crippen molar-refractivity contribution in [2.45, 2.75) is 39.5 Å². The maximum Gasteiger partial charge on any atom is 0.412 e. The standard InChI is InChI=1S/C26H28N2O7/c1-26(2,3)35-23(29)15-28-14-18(20-13-19(33-4)10-11-22(20)28)12-21(24(30)31)27-25(32)34-16-17-8-6-5-7-9-17/h5-14H,15-16H2,1-4H3,(H,27,32)(H,30,31). The number of nitrogens with zero attached hydrogens (tertiary/aromatic N) is 1. The number of methoxy groups -OCH3 is 1. The minimum Gasteiger partial charge on any atom is -0.497 e. The fourth-order valence-corrected chi connectivity index (χ4v) is 3.37. The lowest BCUT2D eigenvalue weighted by Gasteiger charge is -2.19. The zero-order chi connectivity index (χ0) is 25.6. The van der Waals surface area contributed by atoms with Gasteiger partial charge in [0.15, 0.2) is 0 Å². The van der Waals surface area contributed by atoms with E-state index in [1.54, 1.807) is 74.0 Å². The first-order valence-electron chi connectivity index (χ1n) is 10.9. The smallest absolute Gasteiger partial charge is 0.412 e. The summed E-state index contributed by atoms with van der Waals surface area (Å²) >= 11 is 0. The van der Waals surface area contributed by atoms with Crippen LogP contribution in [0.15, 0.2) is 60.4 Å². The van der Waals surface area contributed by atoms with Crippen LogP contribution in [0.25, 0.3) is 17.0 Å². The molecule has 184 valence electrons. The first-order chi connectivity index (χ1) is 16.6. The van der Waals surface area contributed by atoms with Crippen molar-refractivity contribution in [3.63, 3.8) is 0 Å². The van der Waals surface area contributed by atoms with E-state index in [0.29, 0.717) is 22.2 Å². The molecule has 1 aromatic heterocycles. The number of alkyl carbamates (subject to hydrolysis) is 1. The Hall–Kier alpha value is -4.27. The number of amides is 1. The molecule has 9 nitrogen and oxygen atoms in total. The van der Waals surface area contributed by atoms with Crippen LogP contribution in [0.5, 0.6) is 5.75 Å². The molecule has 9 heteroatoms. The number of hydrogen-bond acceptors (Lipinski definition) is 6. The van der Waals surface area contributed by atoms with Crippen LogP contribution in [0.1, 0.15) is 31.9 Å². The zero-order valence-electron chi connectivity index (χ0n) is 20.0. The molecule has 0 aliphatic rings. The minimum absolute atomic E-state index is 0.00797. The first-order valence-corrected chi connectivity index (χ1v) is 10.9. The number of carboxylic acid groups (broad SMARTS) is 1. The third-order valence-electron chi connectivity index (χ3n) is 4.82. The number of carbonyl (C=O) groups is 3. The maximum atomic E-state index is 12.4. The Balaban J connectivity index is 1.89. The number of benzene rings is 2. The summed E-state index contributed by atoms with van der Waals surface area (Å²) in [4.78, 5) is 36.5. The molecule has 0 saturated heterocycles. The van der Waals surface area contributed by atoms with Crippen molar-refractivity contribution < 1.29 is 33.7 Å². The summed E-state index contributed by atoms with van der Waals surface area (Å²) in [5.74, 6) is -1.24. The van der Waals surface area contributed by atoms with Gasteiger partial charge in [0.2, 0.25) is 0 Å². The van der Waals surface area contributed by atoms with Crippen molar-refractivity contribution in [1.82, 2.24) is 9.88 Å². The van der Waals surface area contributed by atoms with Gasteiger partial charge in [0.25, 0.3) is 0 Å². The second-order valence-electron chi connectivity index (χ2n) is 8.73. The number of ether oxygens (including phenoxy) is 3. The molecule has 2 aromatic carbocycles. The van der Waals surface area contributed by atoms with E-state index in [1.807, 2.05) is 6.07 Å². The van der Waals surface area contributed by atoms with Gasteiger partial charge in [-0.15, -0.1) is 0 Å². The largest absolute Gasteiger partial charge is 0.497 e. The molecule has 0 aliphatic carbocycles. The normalized spacial score (nSPS) is 11.7. The number of carboxylic acids is 1. The molecule has 0 unspecified atom stereocenters. The van der Waals surface area contributed by atoms with Crippen molar-refractivity contribution >= 4 is 35.0 Å². The number of aromatic nitrogens is 1. The second-order valence-corrected chi connectivity index (χ2v) is 8.73. The number of carbonyl (C=O) groups excluding carboxylic acids is 2. The van der Waals surface area contributed by atoms with E-state index < -0.39 is 23.6 Å². The fourth-order valence-electron chi connectivity index (χ4n) is 3.37. The summed E-state index contributed by atoms with van der Waals surface area (Å²) in [5.41, 5.74) is 0.859. The zero-order valence-corrected chi connectivity index (χ0v) is 20.0. The molecule has 0 aliphatic heterocycles. The number of rotatable bonds is 8. The Kier molecular flexibility index (Phi) is 7.80. The van der Waals surface area contributed by atoms with E-state index in [9.17, 15) is 19.5 Å². The third-order valence-corrected chi connectivity index (χ3v) is 4.82. The highest BCUT2D eigenvalue weighted by atomic mass is 16.6. The summed E-state index contributed by atoms with van der Waals surface area (Å²) < 4.78 is 17.5. The molecule has 1 amide bonds. The second kappa shape index (κ2) is 10.8. The Labute approximate surface area is 202 Å². The summed E-state index contributed by atoms with van der Waals surface area (Å²) in [6.07, 6.45) is 2.02. The summed E-state index contributed by atoms with van der Waals surface area (Å²) in [6, 6.07) is 14.2. The monoisotopic (exact) mass is 480 g/mol. The highest BCUT2D eigenvalue weighted by Gasteiger charge is 2.19. The average molecular weight is 481 g/mol. The summed E-state index contributed by atoms with van der Waals surface area (Å²) in [7, 11) is 1.52. The number of esters is 1. The van der Waals surface area contributed by atoms with Crippen LogP contribution in [0.2, 0.25) is 0 Å². The van der Waals surface area contributed by atoms with Gasteiger partial charge < -0.3 is 23.9 Å². The van der Waals surface area contributed by atoms with Gasteiger partial charge in [-0.05, 0) is 50.6 Å². The van der Waals surface area contributed by atoms with Gasteiger partial charge in [0, 0.05) is 22.7 Å². The van der Waals surface area contributed by atoms with Crippen LogP contribution in [0.4, 0.5) is 4.79 Å². The van der Waals surface area contributed by atoms with Gasteiger partial charge in [-0.25, -0.2) is 9.59 Å². The quantitative estimate of drug-likeness (QED) is 0.364. The van der Waals surface area contributed by atoms with Gasteiger partial charge in [0.1, 0.15) is 30.2 Å². The molecule has 35 heavy (non-hydrogen) atoms. The Bertz CT molecular complexity index is 1250. The van der Waals surface area contributed by atoms with Crippen LogP contribution in [-0.4, -0.2) is 40.4 Å². The lowest BCUT2D eigenvalue weighted by atomic mass is 10.1. The number of nitrogens with one attached hydrogen (secondary N) is 1. The van der Waals surface area contributed by atoms with Crippen molar-refractivity contribution in [3.05, 3.63) is 71.6 Å². The van der Waals surface area contributed by atoms with Crippen LogP contribution in [-0.2, 0) is 32.2 Å². The number of hydrogen-bond donors (Lipinski definition) is 2. The van der Waals surface area contributed by atoms with E-state index in [2.05, 4.69) is 5.32 Å². The van der Waals surface area contributed by atoms with Gasteiger partial charge in [-0.1, -0.05) is 30.3 Å². The molecule has 0 atom stereocenters. The SMILES string of the molecule is COc1ccc2c(c1)c(C=C(NC(=O)OCc1ccccc1)C(=O)O)cn2CC(=O)OC(C)(C)C. The van der Waals surface area contributed by atoms with Gasteiger partial charge in [0.05, 0.1) is 7.11 Å². The molecule has 2 N–H and O–H groups in total. The maximum absolute atomic E-state index is 12.4. The lowest BCUT2D eigenvalue weighted by molar-refractivity contribution is -0.155. The van der Waals surface area contributed by atoms with E-state index in [1.165, 1.54) is 13.2 Å². The molecular weight excluding hydrogens is 452 g/mol. The van der Waals surface area contributed by atoms with E-state index in [0.717, 1.165) is 5.56 Å². The van der Waals surface area contributed by atoms with Crippen LogP contribution >= 0.6 is 0 Å². The molecule has 0 radical (unpaired) electrons. The molecule has 0 spiro atoms. The summed E-state index contributed by atoms with van der Waals surface area (Å²) in [6.45, 7) is 5.24. The summed E-state index contributed by atoms with van der Waals surface area (Å²) in [5, 5.41) is 12.6. The molecule has 0 saturated carbocycles. The Morgan fingerprint density at radius 2 is 1.80 bits per heavy atom. The van der Waals surface area contributed by atoms with Gasteiger partial charge in [-0.2, -0.15) is 0 Å². The predicted molar refractivity (Wildman–Crippen MR) is 130 cm³/mol. The van der Waals surface area contributed by atoms with Crippen molar-refractivity contribution in [3.8, 4) is 5.75 Å². The van der Waals surface area contributed by atoms with Crippen molar-refractivity contribution in [1.29, 1.82) is 0 Å². The molecule has 0 bridgehead atoms. The minimum atomic E-state index is -1.35. The predicted octanol–water partition coefficient (Wildman–Crippen LogP) is 4.34. The third kappa shape index (κ3) is 7.10. The molecule has 3 rings (SSSR count). The van der Waals surface area contributed by atoms with Crippen molar-refractivity contribution in [2.75, 3.05) is 7.11 Å². The van der Waals surface area contributed by atoms with Crippen molar-refractivity contribution in [2.24, 2.45) is 0 Å². The Morgan fingerprint density at radius 3 is 2.43 bits per heavy atom. The highest BCUT2D eigenvalue weighted by Crippen LogP contribution is 2.28. The van der Waals surface area contributed by atoms with E-state index in [4.69, 9.17) is 14.2 Å². The molecule has 0 fully saturated rings. The average Bonchev–Trinajstić information content (AvgIpc) is 3.12. The number of fused-ring (bicyclic) bond motifs is 1. The van der Waals surface area contributed by atoms with E-state index >= 15 is 0 Å². The Morgan fingerprint density at radius 1 is 1.09 bits per heavy atom. The molecule has 3 aromatic rings. The topological polar surface area (TPSA) is 116 Å². The van der Waals surface area contributed by atoms with Crippen LogP contribution < -0.4 is 10.1 Å². The first kappa shape index (κ1) is 25.4.